The zero-order valence-corrected chi connectivity index (χ0v) is 12.3. The van der Waals surface area contributed by atoms with E-state index in [1.54, 1.807) is 12.1 Å². The monoisotopic (exact) mass is 351 g/mol. The number of halogens is 2. The molecule has 2 heterocycles. The van der Waals surface area contributed by atoms with Gasteiger partial charge in [-0.05, 0) is 30.3 Å². The summed E-state index contributed by atoms with van der Waals surface area (Å²) in [6.07, 6.45) is 0. The van der Waals surface area contributed by atoms with E-state index >= 15 is 0 Å². The summed E-state index contributed by atoms with van der Waals surface area (Å²) in [6.45, 7) is 0. The fourth-order valence-electron chi connectivity index (χ4n) is 1.92. The fourth-order valence-corrected chi connectivity index (χ4v) is 2.45. The fraction of sp³-hybridized carbons (Fsp3) is 0. The van der Waals surface area contributed by atoms with E-state index in [2.05, 4.69) is 26.0 Å². The minimum absolute atomic E-state index is 0.0517. The molecule has 0 saturated heterocycles. The van der Waals surface area contributed by atoms with Crippen LogP contribution in [0.15, 0.2) is 40.9 Å². The molecule has 0 unspecified atom stereocenters. The summed E-state index contributed by atoms with van der Waals surface area (Å²) in [4.78, 5) is 15.4. The first kappa shape index (κ1) is 13.1. The zero-order valence-electron chi connectivity index (χ0n) is 9.92. The van der Waals surface area contributed by atoms with E-state index in [1.807, 2.05) is 24.3 Å². The van der Waals surface area contributed by atoms with E-state index in [9.17, 15) is 9.90 Å². The van der Waals surface area contributed by atoms with Gasteiger partial charge in [0.1, 0.15) is 5.15 Å². The van der Waals surface area contributed by atoms with Crippen molar-refractivity contribution in [2.24, 2.45) is 0 Å². The standard InChI is InChI=1S/C13H7BrClN3O2/c14-7-2-1-3-8(6-7)18-12-9(4-5-10(15)16-12)11(17-18)13(19)20/h1-6H,(H,19,20). The maximum atomic E-state index is 11.3. The lowest BCUT2D eigenvalue weighted by Crippen LogP contribution is -2.01. The van der Waals surface area contributed by atoms with Crippen molar-refractivity contribution in [2.75, 3.05) is 0 Å². The third-order valence-corrected chi connectivity index (χ3v) is 3.46. The predicted molar refractivity (Wildman–Crippen MR) is 78.5 cm³/mol. The summed E-state index contributed by atoms with van der Waals surface area (Å²) in [5.41, 5.74) is 1.06. The SMILES string of the molecule is O=C(O)c1nn(-c2cccc(Br)c2)c2nc(Cl)ccc12. The first-order valence-electron chi connectivity index (χ1n) is 5.61. The molecule has 0 aliphatic rings. The number of hydrogen-bond acceptors (Lipinski definition) is 3. The third-order valence-electron chi connectivity index (χ3n) is 2.75. The van der Waals surface area contributed by atoms with Gasteiger partial charge in [-0.15, -0.1) is 0 Å². The van der Waals surface area contributed by atoms with Crippen LogP contribution in [0.1, 0.15) is 10.5 Å². The van der Waals surface area contributed by atoms with Crippen LogP contribution in [0.4, 0.5) is 0 Å². The number of aromatic carboxylic acids is 1. The Bertz CT molecular complexity index is 832. The lowest BCUT2D eigenvalue weighted by molar-refractivity contribution is 0.0692. The Kier molecular flexibility index (Phi) is 3.19. The summed E-state index contributed by atoms with van der Waals surface area (Å²) >= 11 is 9.26. The molecule has 2 aromatic heterocycles. The number of carbonyl (C=O) groups is 1. The summed E-state index contributed by atoms with van der Waals surface area (Å²) in [5, 5.41) is 14.1. The number of carboxylic acids is 1. The number of aromatic nitrogens is 3. The molecule has 7 heteroatoms. The predicted octanol–water partition coefficient (Wildman–Crippen LogP) is 3.53. The van der Waals surface area contributed by atoms with Gasteiger partial charge in [0.25, 0.3) is 0 Å². The van der Waals surface area contributed by atoms with Crippen LogP contribution in [0.3, 0.4) is 0 Å². The summed E-state index contributed by atoms with van der Waals surface area (Å²) in [7, 11) is 0. The van der Waals surface area contributed by atoms with Gasteiger partial charge < -0.3 is 5.11 Å². The van der Waals surface area contributed by atoms with Crippen LogP contribution in [0, 0.1) is 0 Å². The molecule has 0 aliphatic heterocycles. The number of nitrogens with zero attached hydrogens (tertiary/aromatic N) is 3. The molecule has 1 aromatic carbocycles. The van der Waals surface area contributed by atoms with Gasteiger partial charge in [-0.3, -0.25) is 0 Å². The average molecular weight is 353 g/mol. The van der Waals surface area contributed by atoms with Crippen LogP contribution < -0.4 is 0 Å². The van der Waals surface area contributed by atoms with Crippen molar-refractivity contribution in [1.82, 2.24) is 14.8 Å². The Morgan fingerprint density at radius 3 is 2.80 bits per heavy atom. The molecule has 3 aromatic rings. The highest BCUT2D eigenvalue weighted by atomic mass is 79.9. The zero-order chi connectivity index (χ0) is 14.3. The van der Waals surface area contributed by atoms with Gasteiger partial charge in [0.05, 0.1) is 11.1 Å². The quantitative estimate of drug-likeness (QED) is 0.716. The van der Waals surface area contributed by atoms with E-state index in [4.69, 9.17) is 11.6 Å². The van der Waals surface area contributed by atoms with Crippen molar-refractivity contribution in [2.45, 2.75) is 0 Å². The molecule has 100 valence electrons. The minimum atomic E-state index is -1.10. The molecule has 0 spiro atoms. The van der Waals surface area contributed by atoms with E-state index in [0.717, 1.165) is 4.47 Å². The van der Waals surface area contributed by atoms with Crippen molar-refractivity contribution in [1.29, 1.82) is 0 Å². The van der Waals surface area contributed by atoms with Crippen LogP contribution in [-0.2, 0) is 0 Å². The van der Waals surface area contributed by atoms with E-state index in [-0.39, 0.29) is 10.8 Å². The van der Waals surface area contributed by atoms with Crippen LogP contribution in [0.25, 0.3) is 16.7 Å². The van der Waals surface area contributed by atoms with Gasteiger partial charge in [-0.1, -0.05) is 33.6 Å². The lowest BCUT2D eigenvalue weighted by Gasteiger charge is -2.03. The number of pyridine rings is 1. The largest absolute Gasteiger partial charge is 0.476 e. The van der Waals surface area contributed by atoms with E-state index in [0.29, 0.717) is 16.7 Å². The van der Waals surface area contributed by atoms with Crippen molar-refractivity contribution in [3.63, 3.8) is 0 Å². The molecule has 0 aliphatic carbocycles. The van der Waals surface area contributed by atoms with Gasteiger partial charge in [0, 0.05) is 4.47 Å². The molecule has 0 amide bonds. The highest BCUT2D eigenvalue weighted by Gasteiger charge is 2.18. The van der Waals surface area contributed by atoms with Crippen LogP contribution >= 0.6 is 27.5 Å². The van der Waals surface area contributed by atoms with Crippen molar-refractivity contribution >= 4 is 44.5 Å². The van der Waals surface area contributed by atoms with Crippen molar-refractivity contribution in [3.05, 3.63) is 51.7 Å². The average Bonchev–Trinajstić information content (AvgIpc) is 2.77. The number of hydrogen-bond donors (Lipinski definition) is 1. The van der Waals surface area contributed by atoms with Crippen LogP contribution in [-0.4, -0.2) is 25.8 Å². The van der Waals surface area contributed by atoms with Crippen molar-refractivity contribution < 1.29 is 9.90 Å². The molecule has 20 heavy (non-hydrogen) atoms. The first-order valence-corrected chi connectivity index (χ1v) is 6.78. The number of rotatable bonds is 2. The first-order chi connectivity index (χ1) is 9.56. The molecule has 0 atom stereocenters. The van der Waals surface area contributed by atoms with Crippen molar-refractivity contribution in [3.8, 4) is 5.69 Å². The summed E-state index contributed by atoms with van der Waals surface area (Å²) in [6, 6.07) is 10.5. The molecule has 0 bridgehead atoms. The minimum Gasteiger partial charge on any atom is -0.476 e. The molecule has 3 rings (SSSR count). The van der Waals surface area contributed by atoms with Gasteiger partial charge >= 0.3 is 5.97 Å². The molecular weight excluding hydrogens is 346 g/mol. The maximum absolute atomic E-state index is 11.3. The van der Waals surface area contributed by atoms with Crippen LogP contribution in [0.5, 0.6) is 0 Å². The summed E-state index contributed by atoms with van der Waals surface area (Å²) in [5.74, 6) is -1.10. The molecule has 0 saturated carbocycles. The van der Waals surface area contributed by atoms with Gasteiger partial charge in [0.15, 0.2) is 11.3 Å². The molecule has 5 nitrogen and oxygen atoms in total. The van der Waals surface area contributed by atoms with Gasteiger partial charge in [0.2, 0.25) is 0 Å². The normalized spacial score (nSPS) is 10.9. The van der Waals surface area contributed by atoms with Crippen LogP contribution in [0.2, 0.25) is 5.15 Å². The second kappa shape index (κ2) is 4.88. The van der Waals surface area contributed by atoms with Gasteiger partial charge in [-0.25, -0.2) is 14.5 Å². The van der Waals surface area contributed by atoms with E-state index < -0.39 is 5.97 Å². The Balaban J connectivity index is 2.35. The maximum Gasteiger partial charge on any atom is 0.357 e. The molecule has 1 N–H and O–H groups in total. The molecule has 0 fully saturated rings. The number of fused-ring (bicyclic) bond motifs is 1. The Morgan fingerprint density at radius 2 is 2.10 bits per heavy atom. The second-order valence-electron chi connectivity index (χ2n) is 4.05. The van der Waals surface area contributed by atoms with E-state index in [1.165, 1.54) is 4.68 Å². The molecule has 0 radical (unpaired) electrons. The van der Waals surface area contributed by atoms with Gasteiger partial charge in [-0.2, -0.15) is 5.10 Å². The molecular formula is C13H7BrClN3O2. The summed E-state index contributed by atoms with van der Waals surface area (Å²) < 4.78 is 2.33. The lowest BCUT2D eigenvalue weighted by atomic mass is 10.2. The number of benzene rings is 1. The Morgan fingerprint density at radius 1 is 1.30 bits per heavy atom. The smallest absolute Gasteiger partial charge is 0.357 e. The number of carboxylic acid groups (broad SMARTS) is 1. The topological polar surface area (TPSA) is 68.0 Å². The highest BCUT2D eigenvalue weighted by Crippen LogP contribution is 2.24. The highest BCUT2D eigenvalue weighted by molar-refractivity contribution is 9.10. The Hall–Kier alpha value is -1.92. The second-order valence-corrected chi connectivity index (χ2v) is 5.35. The third kappa shape index (κ3) is 2.17. The Labute approximate surface area is 126 Å².